The Kier molecular flexibility index (Phi) is 6.59. The summed E-state index contributed by atoms with van der Waals surface area (Å²) in [7, 11) is 2.90. The summed E-state index contributed by atoms with van der Waals surface area (Å²) in [5.41, 5.74) is 0. The van der Waals surface area contributed by atoms with E-state index in [4.69, 9.17) is 0 Å². The van der Waals surface area contributed by atoms with Crippen LogP contribution in [-0.4, -0.2) is 75.9 Å². The highest BCUT2D eigenvalue weighted by Crippen LogP contribution is 2.22. The van der Waals surface area contributed by atoms with E-state index >= 15 is 0 Å². The molecule has 2 rings (SSSR count). The van der Waals surface area contributed by atoms with Crippen LogP contribution in [0.5, 0.6) is 0 Å². The van der Waals surface area contributed by atoms with Crippen LogP contribution >= 0.6 is 0 Å². The largest absolute Gasteiger partial charge is 0.309 e. The molecule has 5 nitrogen and oxygen atoms in total. The van der Waals surface area contributed by atoms with Crippen LogP contribution in [0.2, 0.25) is 0 Å². The molecule has 1 heterocycles. The van der Waals surface area contributed by atoms with E-state index in [9.17, 15) is 8.42 Å². The van der Waals surface area contributed by atoms with E-state index in [1.807, 2.05) is 6.07 Å². The third-order valence-electron chi connectivity index (χ3n) is 4.48. The summed E-state index contributed by atoms with van der Waals surface area (Å²) < 4.78 is 27.2. The van der Waals surface area contributed by atoms with Crippen molar-refractivity contribution in [2.75, 3.05) is 47.3 Å². The minimum atomic E-state index is -3.36. The van der Waals surface area contributed by atoms with Gasteiger partial charge in [0.15, 0.2) is 0 Å². The molecule has 1 saturated heterocycles. The molecule has 1 aliphatic rings. The summed E-state index contributed by atoms with van der Waals surface area (Å²) in [4.78, 5) is 4.90. The number of hydrogen-bond acceptors (Lipinski definition) is 4. The number of nitrogens with zero attached hydrogens (tertiary/aromatic N) is 3. The predicted molar refractivity (Wildman–Crippen MR) is 94.0 cm³/mol. The van der Waals surface area contributed by atoms with E-state index in [1.54, 1.807) is 28.6 Å². The number of piperidine rings is 1. The van der Waals surface area contributed by atoms with Gasteiger partial charge in [0.05, 0.1) is 4.90 Å². The van der Waals surface area contributed by atoms with Crippen LogP contribution in [0.4, 0.5) is 0 Å². The SMILES string of the molecule is CN(C)CCCN(C)[C@H]1CCCN(S(=O)(=O)c2ccccc2)C1. The van der Waals surface area contributed by atoms with Crippen molar-refractivity contribution in [2.45, 2.75) is 30.2 Å². The van der Waals surface area contributed by atoms with Crippen molar-refractivity contribution in [3.63, 3.8) is 0 Å². The van der Waals surface area contributed by atoms with Gasteiger partial charge in [0.1, 0.15) is 0 Å². The van der Waals surface area contributed by atoms with Gasteiger partial charge in [-0.1, -0.05) is 18.2 Å². The average molecular weight is 340 g/mol. The maximum atomic E-state index is 12.8. The molecule has 0 N–H and O–H groups in total. The first kappa shape index (κ1) is 18.4. The van der Waals surface area contributed by atoms with E-state index in [0.29, 0.717) is 24.0 Å². The van der Waals surface area contributed by atoms with Crippen LogP contribution in [0.1, 0.15) is 19.3 Å². The van der Waals surface area contributed by atoms with Gasteiger partial charge in [-0.15, -0.1) is 0 Å². The second-order valence-corrected chi connectivity index (χ2v) is 8.55. The number of hydrogen-bond donors (Lipinski definition) is 0. The summed E-state index contributed by atoms with van der Waals surface area (Å²) in [6.45, 7) is 3.28. The molecule has 23 heavy (non-hydrogen) atoms. The Balaban J connectivity index is 1.98. The lowest BCUT2D eigenvalue weighted by molar-refractivity contribution is 0.158. The van der Waals surface area contributed by atoms with Crippen LogP contribution in [0.3, 0.4) is 0 Å². The zero-order chi connectivity index (χ0) is 16.9. The number of rotatable bonds is 7. The van der Waals surface area contributed by atoms with Crippen LogP contribution in [0, 0.1) is 0 Å². The lowest BCUT2D eigenvalue weighted by Crippen LogP contribution is -2.48. The molecule has 0 spiro atoms. The van der Waals surface area contributed by atoms with Crippen molar-refractivity contribution in [3.05, 3.63) is 30.3 Å². The number of sulfonamides is 1. The highest BCUT2D eigenvalue weighted by Gasteiger charge is 2.31. The maximum Gasteiger partial charge on any atom is 0.243 e. The van der Waals surface area contributed by atoms with Crippen molar-refractivity contribution >= 4 is 10.0 Å². The lowest BCUT2D eigenvalue weighted by Gasteiger charge is -2.37. The lowest BCUT2D eigenvalue weighted by atomic mass is 10.1. The third kappa shape index (κ3) is 5.01. The average Bonchev–Trinajstić information content (AvgIpc) is 2.55. The first-order chi connectivity index (χ1) is 10.9. The van der Waals surface area contributed by atoms with Crippen LogP contribution in [-0.2, 0) is 10.0 Å². The Hall–Kier alpha value is -0.950. The molecule has 1 aromatic carbocycles. The van der Waals surface area contributed by atoms with E-state index in [-0.39, 0.29) is 0 Å². The van der Waals surface area contributed by atoms with E-state index in [1.165, 1.54) is 0 Å². The molecule has 1 aromatic rings. The van der Waals surface area contributed by atoms with Crippen molar-refractivity contribution < 1.29 is 8.42 Å². The van der Waals surface area contributed by atoms with Crippen LogP contribution in [0.15, 0.2) is 35.2 Å². The van der Waals surface area contributed by atoms with Crippen molar-refractivity contribution in [3.8, 4) is 0 Å². The zero-order valence-corrected chi connectivity index (χ0v) is 15.3. The minimum absolute atomic E-state index is 0.310. The summed E-state index contributed by atoms with van der Waals surface area (Å²) in [6, 6.07) is 9.07. The molecule has 1 fully saturated rings. The summed E-state index contributed by atoms with van der Waals surface area (Å²) in [5, 5.41) is 0. The summed E-state index contributed by atoms with van der Waals surface area (Å²) in [5.74, 6) is 0. The molecule has 0 aromatic heterocycles. The van der Waals surface area contributed by atoms with Gasteiger partial charge in [-0.05, 0) is 65.6 Å². The quantitative estimate of drug-likeness (QED) is 0.759. The molecule has 6 heteroatoms. The fourth-order valence-electron chi connectivity index (χ4n) is 3.06. The molecule has 130 valence electrons. The van der Waals surface area contributed by atoms with Gasteiger partial charge >= 0.3 is 0 Å². The molecule has 0 aliphatic carbocycles. The Morgan fingerprint density at radius 2 is 1.83 bits per heavy atom. The van der Waals surface area contributed by atoms with Crippen molar-refractivity contribution in [2.24, 2.45) is 0 Å². The van der Waals surface area contributed by atoms with Gasteiger partial charge < -0.3 is 9.80 Å². The van der Waals surface area contributed by atoms with Crippen molar-refractivity contribution in [1.82, 2.24) is 14.1 Å². The standard InChI is InChI=1S/C17H29N3O2S/c1-18(2)12-8-13-19(3)16-9-7-14-20(15-16)23(21,22)17-10-5-4-6-11-17/h4-6,10-11,16H,7-9,12-15H2,1-3H3/t16-/m0/s1. The summed E-state index contributed by atoms with van der Waals surface area (Å²) >= 11 is 0. The fraction of sp³-hybridized carbons (Fsp3) is 0.647. The number of benzene rings is 1. The third-order valence-corrected chi connectivity index (χ3v) is 6.36. The molecule has 0 bridgehead atoms. The monoisotopic (exact) mass is 339 g/mol. The van der Waals surface area contributed by atoms with Gasteiger partial charge in [-0.25, -0.2) is 8.42 Å². The first-order valence-electron chi connectivity index (χ1n) is 8.31. The smallest absolute Gasteiger partial charge is 0.243 e. The zero-order valence-electron chi connectivity index (χ0n) is 14.5. The van der Waals surface area contributed by atoms with Gasteiger partial charge in [-0.3, -0.25) is 0 Å². The van der Waals surface area contributed by atoms with E-state index < -0.39 is 10.0 Å². The first-order valence-corrected chi connectivity index (χ1v) is 9.75. The van der Waals surface area contributed by atoms with Gasteiger partial charge in [0.25, 0.3) is 0 Å². The minimum Gasteiger partial charge on any atom is -0.309 e. The second kappa shape index (κ2) is 8.24. The second-order valence-electron chi connectivity index (χ2n) is 6.61. The van der Waals surface area contributed by atoms with Gasteiger partial charge in [0.2, 0.25) is 10.0 Å². The summed E-state index contributed by atoms with van der Waals surface area (Å²) in [6.07, 6.45) is 3.10. The predicted octanol–water partition coefficient (Wildman–Crippen LogP) is 1.72. The molecule has 1 aliphatic heterocycles. The molecule has 1 atom stereocenters. The topological polar surface area (TPSA) is 43.9 Å². The van der Waals surface area contributed by atoms with Gasteiger partial charge in [-0.2, -0.15) is 4.31 Å². The highest BCUT2D eigenvalue weighted by molar-refractivity contribution is 7.89. The van der Waals surface area contributed by atoms with E-state index in [2.05, 4.69) is 30.9 Å². The molecular weight excluding hydrogens is 310 g/mol. The van der Waals surface area contributed by atoms with Crippen molar-refractivity contribution in [1.29, 1.82) is 0 Å². The maximum absolute atomic E-state index is 12.8. The Morgan fingerprint density at radius 3 is 2.48 bits per heavy atom. The van der Waals surface area contributed by atoms with Crippen LogP contribution in [0.25, 0.3) is 0 Å². The molecule has 0 unspecified atom stereocenters. The fourth-order valence-corrected chi connectivity index (χ4v) is 4.60. The molecule has 0 amide bonds. The number of likely N-dealkylation sites (N-methyl/N-ethyl adjacent to an activating group) is 1. The molecule has 0 radical (unpaired) electrons. The van der Waals surface area contributed by atoms with Crippen LogP contribution < -0.4 is 0 Å². The highest BCUT2D eigenvalue weighted by atomic mass is 32.2. The molecule has 0 saturated carbocycles. The Labute approximate surface area is 140 Å². The van der Waals surface area contributed by atoms with Gasteiger partial charge in [0, 0.05) is 19.1 Å². The Bertz CT molecular complexity index is 575. The Morgan fingerprint density at radius 1 is 1.13 bits per heavy atom. The molecular formula is C17H29N3O2S. The van der Waals surface area contributed by atoms with E-state index in [0.717, 1.165) is 32.4 Å². The normalized spacial score (nSPS) is 20.3.